The van der Waals surface area contributed by atoms with E-state index in [2.05, 4.69) is 25.2 Å². The molecule has 0 radical (unpaired) electrons. The highest BCUT2D eigenvalue weighted by Crippen LogP contribution is 2.18. The number of hydrogen-bond donors (Lipinski definition) is 1. The van der Waals surface area contributed by atoms with Gasteiger partial charge in [0.15, 0.2) is 0 Å². The predicted octanol–water partition coefficient (Wildman–Crippen LogP) is 2.33. The maximum Gasteiger partial charge on any atom is 0.136 e. The molecule has 0 amide bonds. The molecule has 0 fully saturated rings. The summed E-state index contributed by atoms with van der Waals surface area (Å²) in [6.07, 6.45) is 0. The maximum atomic E-state index is 9.05. The molecule has 0 bridgehead atoms. The van der Waals surface area contributed by atoms with Crippen LogP contribution in [-0.2, 0) is 11.3 Å². The van der Waals surface area contributed by atoms with E-state index in [0.717, 1.165) is 5.56 Å². The summed E-state index contributed by atoms with van der Waals surface area (Å²) < 4.78 is 10.3. The lowest BCUT2D eigenvalue weighted by Crippen LogP contribution is -2.37. The van der Waals surface area contributed by atoms with Crippen LogP contribution in [0.1, 0.15) is 25.0 Å². The van der Waals surface area contributed by atoms with Gasteiger partial charge in [0, 0.05) is 19.7 Å². The number of benzene rings is 1. The molecule has 19 heavy (non-hydrogen) atoms. The summed E-state index contributed by atoms with van der Waals surface area (Å²) in [6, 6.07) is 8.10. The fourth-order valence-electron chi connectivity index (χ4n) is 1.87. The normalized spacial score (nSPS) is 12.2. The van der Waals surface area contributed by atoms with Gasteiger partial charge in [-0.05, 0) is 23.6 Å². The highest BCUT2D eigenvalue weighted by Gasteiger charge is 2.12. The van der Waals surface area contributed by atoms with Crippen LogP contribution in [0.4, 0.5) is 0 Å². The molecule has 4 nitrogen and oxygen atoms in total. The van der Waals surface area contributed by atoms with Gasteiger partial charge in [-0.2, -0.15) is 5.26 Å². The third-order valence-electron chi connectivity index (χ3n) is 3.10. The van der Waals surface area contributed by atoms with Crippen LogP contribution in [0.3, 0.4) is 0 Å². The van der Waals surface area contributed by atoms with Crippen molar-refractivity contribution in [3.63, 3.8) is 0 Å². The van der Waals surface area contributed by atoms with E-state index >= 15 is 0 Å². The number of nitriles is 1. The standard InChI is InChI=1S/C15H22N2O2/c1-11(2)14(10-18-3)17-9-12-5-6-15(19-4)13(7-12)8-16/h5-7,11,14,17H,9-10H2,1-4H3. The van der Waals surface area contributed by atoms with Gasteiger partial charge in [0.25, 0.3) is 0 Å². The summed E-state index contributed by atoms with van der Waals surface area (Å²) in [5.74, 6) is 1.11. The second kappa shape index (κ2) is 7.78. The van der Waals surface area contributed by atoms with Crippen LogP contribution in [0.15, 0.2) is 18.2 Å². The lowest BCUT2D eigenvalue weighted by Gasteiger charge is -2.21. The highest BCUT2D eigenvalue weighted by atomic mass is 16.5. The Morgan fingerprint density at radius 1 is 1.32 bits per heavy atom. The van der Waals surface area contributed by atoms with E-state index in [1.807, 2.05) is 18.2 Å². The van der Waals surface area contributed by atoms with Crippen LogP contribution in [0.5, 0.6) is 5.75 Å². The van der Waals surface area contributed by atoms with Crippen molar-refractivity contribution in [1.29, 1.82) is 5.26 Å². The average Bonchev–Trinajstić information content (AvgIpc) is 2.42. The van der Waals surface area contributed by atoms with Crippen LogP contribution >= 0.6 is 0 Å². The van der Waals surface area contributed by atoms with Crippen LogP contribution < -0.4 is 10.1 Å². The zero-order valence-electron chi connectivity index (χ0n) is 12.1. The molecule has 0 aromatic heterocycles. The van der Waals surface area contributed by atoms with E-state index in [1.165, 1.54) is 0 Å². The maximum absolute atomic E-state index is 9.05. The first kappa shape index (κ1) is 15.5. The molecule has 0 spiro atoms. The van der Waals surface area contributed by atoms with Crippen LogP contribution in [-0.4, -0.2) is 26.9 Å². The number of nitrogens with zero attached hydrogens (tertiary/aromatic N) is 1. The van der Waals surface area contributed by atoms with Gasteiger partial charge in [0.1, 0.15) is 11.8 Å². The van der Waals surface area contributed by atoms with Crippen LogP contribution in [0.2, 0.25) is 0 Å². The fraction of sp³-hybridized carbons (Fsp3) is 0.533. The van der Waals surface area contributed by atoms with Gasteiger partial charge in [-0.15, -0.1) is 0 Å². The van der Waals surface area contributed by atoms with Gasteiger partial charge < -0.3 is 14.8 Å². The third kappa shape index (κ3) is 4.55. The van der Waals surface area contributed by atoms with Gasteiger partial charge in [-0.25, -0.2) is 0 Å². The molecule has 1 aromatic rings. The molecule has 0 aliphatic heterocycles. The van der Waals surface area contributed by atoms with Crippen LogP contribution in [0, 0.1) is 17.2 Å². The Morgan fingerprint density at radius 3 is 2.58 bits per heavy atom. The number of rotatable bonds is 7. The number of hydrogen-bond acceptors (Lipinski definition) is 4. The van der Waals surface area contributed by atoms with Crippen molar-refractivity contribution < 1.29 is 9.47 Å². The summed E-state index contributed by atoms with van der Waals surface area (Å²) in [6.45, 7) is 5.71. The molecule has 1 atom stereocenters. The number of methoxy groups -OCH3 is 2. The van der Waals surface area contributed by atoms with Gasteiger partial charge >= 0.3 is 0 Å². The average molecular weight is 262 g/mol. The quantitative estimate of drug-likeness (QED) is 0.819. The van der Waals surface area contributed by atoms with Crippen molar-refractivity contribution in [2.24, 2.45) is 5.92 Å². The molecule has 0 saturated carbocycles. The van der Waals surface area contributed by atoms with E-state index in [1.54, 1.807) is 14.2 Å². The molecule has 1 unspecified atom stereocenters. The Hall–Kier alpha value is -1.57. The smallest absolute Gasteiger partial charge is 0.136 e. The van der Waals surface area contributed by atoms with Gasteiger partial charge in [0.05, 0.1) is 19.3 Å². The molecule has 1 aromatic carbocycles. The first-order valence-corrected chi connectivity index (χ1v) is 6.41. The van der Waals surface area contributed by atoms with E-state index in [4.69, 9.17) is 14.7 Å². The molecule has 1 N–H and O–H groups in total. The largest absolute Gasteiger partial charge is 0.495 e. The summed E-state index contributed by atoms with van der Waals surface area (Å²) in [4.78, 5) is 0. The highest BCUT2D eigenvalue weighted by molar-refractivity contribution is 5.45. The van der Waals surface area contributed by atoms with E-state index < -0.39 is 0 Å². The molecule has 0 heterocycles. The van der Waals surface area contributed by atoms with Gasteiger partial charge in [0.2, 0.25) is 0 Å². The number of nitrogens with one attached hydrogen (secondary N) is 1. The topological polar surface area (TPSA) is 54.3 Å². The third-order valence-corrected chi connectivity index (χ3v) is 3.10. The Morgan fingerprint density at radius 2 is 2.05 bits per heavy atom. The summed E-state index contributed by atoms with van der Waals surface area (Å²) in [7, 11) is 3.28. The Kier molecular flexibility index (Phi) is 6.34. The molecule has 0 aliphatic carbocycles. The van der Waals surface area contributed by atoms with E-state index in [-0.39, 0.29) is 0 Å². The Balaban J connectivity index is 2.70. The number of ether oxygens (including phenoxy) is 2. The fourth-order valence-corrected chi connectivity index (χ4v) is 1.87. The monoisotopic (exact) mass is 262 g/mol. The zero-order valence-corrected chi connectivity index (χ0v) is 12.1. The summed E-state index contributed by atoms with van der Waals surface area (Å²) in [5.41, 5.74) is 1.63. The van der Waals surface area contributed by atoms with Gasteiger partial charge in [-0.3, -0.25) is 0 Å². The molecule has 0 saturated heterocycles. The van der Waals surface area contributed by atoms with Crippen molar-refractivity contribution in [2.45, 2.75) is 26.4 Å². The van der Waals surface area contributed by atoms with Crippen molar-refractivity contribution >= 4 is 0 Å². The predicted molar refractivity (Wildman–Crippen MR) is 75.1 cm³/mol. The molecular weight excluding hydrogens is 240 g/mol. The van der Waals surface area contributed by atoms with Crippen molar-refractivity contribution in [3.05, 3.63) is 29.3 Å². The van der Waals surface area contributed by atoms with Crippen LogP contribution in [0.25, 0.3) is 0 Å². The minimum Gasteiger partial charge on any atom is -0.495 e. The molecule has 4 heteroatoms. The lowest BCUT2D eigenvalue weighted by molar-refractivity contribution is 0.146. The van der Waals surface area contributed by atoms with Crippen molar-refractivity contribution in [3.8, 4) is 11.8 Å². The second-order valence-corrected chi connectivity index (χ2v) is 4.83. The lowest BCUT2D eigenvalue weighted by atomic mass is 10.0. The zero-order chi connectivity index (χ0) is 14.3. The molecule has 104 valence electrons. The van der Waals surface area contributed by atoms with Crippen molar-refractivity contribution in [1.82, 2.24) is 5.32 Å². The first-order valence-electron chi connectivity index (χ1n) is 6.41. The SMILES string of the molecule is COCC(NCc1ccc(OC)c(C#N)c1)C(C)C. The first-order chi connectivity index (χ1) is 9.12. The molecule has 1 rings (SSSR count). The van der Waals surface area contributed by atoms with E-state index in [0.29, 0.717) is 36.4 Å². The summed E-state index contributed by atoms with van der Waals surface area (Å²) in [5, 5.41) is 12.5. The second-order valence-electron chi connectivity index (χ2n) is 4.83. The Bertz CT molecular complexity index is 438. The minimum atomic E-state index is 0.303. The van der Waals surface area contributed by atoms with E-state index in [9.17, 15) is 0 Å². The van der Waals surface area contributed by atoms with Crippen molar-refractivity contribution in [2.75, 3.05) is 20.8 Å². The molecular formula is C15H22N2O2. The van der Waals surface area contributed by atoms with Gasteiger partial charge in [-0.1, -0.05) is 19.9 Å². The molecule has 0 aliphatic rings. The minimum absolute atomic E-state index is 0.303. The Labute approximate surface area is 115 Å². The summed E-state index contributed by atoms with van der Waals surface area (Å²) >= 11 is 0.